The molecule has 2 aromatic rings. The fraction of sp³-hybridized carbons (Fsp3) is 0.429. The van der Waals surface area contributed by atoms with Gasteiger partial charge in [0.2, 0.25) is 0 Å². The van der Waals surface area contributed by atoms with E-state index in [9.17, 15) is 19.8 Å². The van der Waals surface area contributed by atoms with Gasteiger partial charge in [0.1, 0.15) is 0 Å². The van der Waals surface area contributed by atoms with Gasteiger partial charge in [-0.1, -0.05) is 37.8 Å². The number of carbonyl (C=O) groups is 2. The molecule has 4 bridgehead atoms. The number of halogens is 2. The summed E-state index contributed by atoms with van der Waals surface area (Å²) in [6.45, 7) is 4.99. The van der Waals surface area contributed by atoms with Crippen molar-refractivity contribution in [1.82, 2.24) is 0 Å². The molecule has 0 aliphatic heterocycles. The number of carboxylic acids is 2. The van der Waals surface area contributed by atoms with Gasteiger partial charge in [0.05, 0.1) is 11.1 Å². The minimum absolute atomic E-state index is 0. The van der Waals surface area contributed by atoms with Crippen molar-refractivity contribution in [2.24, 2.45) is 22.7 Å². The molecule has 4 nitrogen and oxygen atoms in total. The van der Waals surface area contributed by atoms with Gasteiger partial charge >= 0.3 is 11.9 Å². The average Bonchev–Trinajstić information content (AvgIpc) is 2.70. The third kappa shape index (κ3) is 4.69. The van der Waals surface area contributed by atoms with Crippen LogP contribution < -0.4 is 0 Å². The molecule has 5 unspecified atom stereocenters. The maximum absolute atomic E-state index is 11.3. The van der Waals surface area contributed by atoms with Crippen LogP contribution in [0.3, 0.4) is 0 Å². The molecule has 0 spiro atoms. The Bertz CT molecular complexity index is 1150. The van der Waals surface area contributed by atoms with Crippen LogP contribution in [-0.4, -0.2) is 22.2 Å². The number of hydrogen-bond acceptors (Lipinski definition) is 2. The summed E-state index contributed by atoms with van der Waals surface area (Å²) < 4.78 is 0. The first-order valence-electron chi connectivity index (χ1n) is 11.4. The number of hydrogen-bond donors (Lipinski definition) is 2. The average molecular weight is 501 g/mol. The third-order valence-corrected chi connectivity index (χ3v) is 8.03. The molecule has 2 N–H and O–H groups in total. The van der Waals surface area contributed by atoms with Crippen molar-refractivity contribution < 1.29 is 19.8 Å². The van der Waals surface area contributed by atoms with E-state index in [1.165, 1.54) is 49.8 Å². The van der Waals surface area contributed by atoms with Crippen LogP contribution in [0.4, 0.5) is 0 Å². The highest BCUT2D eigenvalue weighted by atomic mass is 35.5. The quantitative estimate of drug-likeness (QED) is 0.462. The maximum atomic E-state index is 11.3. The molecule has 0 amide bonds. The van der Waals surface area contributed by atoms with Gasteiger partial charge in [-0.25, -0.2) is 9.59 Å². The van der Waals surface area contributed by atoms with E-state index in [0.717, 1.165) is 23.5 Å². The molecule has 0 aromatic heterocycles. The summed E-state index contributed by atoms with van der Waals surface area (Å²) in [4.78, 5) is 22.6. The first kappa shape index (κ1) is 26.1. The molecule has 4 aliphatic rings. The summed E-state index contributed by atoms with van der Waals surface area (Å²) in [7, 11) is 0. The second-order valence-corrected chi connectivity index (χ2v) is 10.9. The standard InChI is InChI=1S/C28H28O4.2ClH/c1-27-13-19-11-23(15-27)24(28(2,14-19)16-27)20-7-5-17(6-8-20)3-4-18-9-21(25(29)30)12-22(10-18)26(31)32;;/h5-10,12,19,23-24H,11,13-16H2,1-2H3,(H,29,30)(H,31,32);2*1H. The minimum Gasteiger partial charge on any atom is -0.478 e. The smallest absolute Gasteiger partial charge is 0.335 e. The van der Waals surface area contributed by atoms with Crippen LogP contribution in [0, 0.1) is 34.5 Å². The molecule has 5 atom stereocenters. The van der Waals surface area contributed by atoms with Crippen LogP contribution in [0.1, 0.15) is 89.3 Å². The molecular weight excluding hydrogens is 471 g/mol. The molecule has 0 heterocycles. The second-order valence-electron chi connectivity index (χ2n) is 10.9. The summed E-state index contributed by atoms with van der Waals surface area (Å²) in [5.41, 5.74) is 3.40. The van der Waals surface area contributed by atoms with E-state index < -0.39 is 11.9 Å². The van der Waals surface area contributed by atoms with E-state index in [0.29, 0.717) is 22.3 Å². The van der Waals surface area contributed by atoms with Crippen LogP contribution in [-0.2, 0) is 0 Å². The first-order chi connectivity index (χ1) is 15.1. The van der Waals surface area contributed by atoms with Gasteiger partial charge in [0.15, 0.2) is 0 Å². The third-order valence-electron chi connectivity index (χ3n) is 8.03. The molecule has 2 aromatic carbocycles. The van der Waals surface area contributed by atoms with Crippen LogP contribution in [0.5, 0.6) is 0 Å². The summed E-state index contributed by atoms with van der Waals surface area (Å²) in [5, 5.41) is 18.5. The Labute approximate surface area is 213 Å². The van der Waals surface area contributed by atoms with Crippen molar-refractivity contribution in [3.05, 3.63) is 70.3 Å². The van der Waals surface area contributed by atoms with E-state index in [-0.39, 0.29) is 35.9 Å². The normalized spacial score (nSPS) is 30.4. The molecule has 0 radical (unpaired) electrons. The maximum Gasteiger partial charge on any atom is 0.335 e. The number of benzene rings is 2. The van der Waals surface area contributed by atoms with Gasteiger partial charge in [-0.3, -0.25) is 0 Å². The second kappa shape index (κ2) is 9.29. The van der Waals surface area contributed by atoms with Crippen molar-refractivity contribution in [2.45, 2.75) is 51.9 Å². The highest BCUT2D eigenvalue weighted by Gasteiger charge is 2.58. The van der Waals surface area contributed by atoms with E-state index in [2.05, 4.69) is 37.8 Å². The van der Waals surface area contributed by atoms with Gasteiger partial charge in [-0.2, -0.15) is 0 Å². The van der Waals surface area contributed by atoms with Crippen LogP contribution >= 0.6 is 24.8 Å². The molecule has 180 valence electrons. The van der Waals surface area contributed by atoms with E-state index in [1.54, 1.807) is 0 Å². The molecule has 4 aliphatic carbocycles. The molecule has 4 saturated carbocycles. The highest BCUT2D eigenvalue weighted by Crippen LogP contribution is 2.69. The molecule has 4 fully saturated rings. The zero-order chi connectivity index (χ0) is 22.7. The Balaban J connectivity index is 0.00000162. The molecule has 0 saturated heterocycles. The predicted molar refractivity (Wildman–Crippen MR) is 136 cm³/mol. The lowest BCUT2D eigenvalue weighted by Crippen LogP contribution is -2.53. The molecule has 34 heavy (non-hydrogen) atoms. The van der Waals surface area contributed by atoms with Crippen molar-refractivity contribution >= 4 is 36.8 Å². The Hall–Kier alpha value is -2.48. The van der Waals surface area contributed by atoms with Gasteiger partial charge < -0.3 is 10.2 Å². The first-order valence-corrected chi connectivity index (χ1v) is 11.4. The Morgan fingerprint density at radius 2 is 1.44 bits per heavy atom. The zero-order valence-corrected chi connectivity index (χ0v) is 21.0. The lowest BCUT2D eigenvalue weighted by Gasteiger charge is -2.64. The van der Waals surface area contributed by atoms with Gasteiger partial charge in [-0.05, 0) is 96.6 Å². The Kier molecular flexibility index (Phi) is 7.14. The summed E-state index contributed by atoms with van der Waals surface area (Å²) in [6, 6.07) is 12.5. The molecule has 6 rings (SSSR count). The van der Waals surface area contributed by atoms with E-state index >= 15 is 0 Å². The number of carboxylic acid groups (broad SMARTS) is 2. The summed E-state index contributed by atoms with van der Waals surface area (Å²) in [6.07, 6.45) is 6.79. The molecule has 6 heteroatoms. The van der Waals surface area contributed by atoms with Gasteiger partial charge in [0, 0.05) is 11.1 Å². The number of rotatable bonds is 3. The summed E-state index contributed by atoms with van der Waals surface area (Å²) >= 11 is 0. The fourth-order valence-corrected chi connectivity index (χ4v) is 7.61. The Morgan fingerprint density at radius 3 is 1.97 bits per heavy atom. The van der Waals surface area contributed by atoms with E-state index in [1.807, 2.05) is 12.1 Å². The topological polar surface area (TPSA) is 74.6 Å². The fourth-order valence-electron chi connectivity index (χ4n) is 7.61. The van der Waals surface area contributed by atoms with Crippen LogP contribution in [0.15, 0.2) is 42.5 Å². The lowest BCUT2D eigenvalue weighted by molar-refractivity contribution is -0.111. The van der Waals surface area contributed by atoms with Gasteiger partial charge in [0.25, 0.3) is 0 Å². The summed E-state index contributed by atoms with van der Waals surface area (Å²) in [5.74, 6) is 5.95. The van der Waals surface area contributed by atoms with Crippen molar-refractivity contribution in [2.75, 3.05) is 0 Å². The minimum atomic E-state index is -1.17. The van der Waals surface area contributed by atoms with Crippen molar-refractivity contribution in [3.8, 4) is 11.8 Å². The largest absolute Gasteiger partial charge is 0.478 e. The predicted octanol–water partition coefficient (Wildman–Crippen LogP) is 6.65. The number of aromatic carboxylic acids is 2. The van der Waals surface area contributed by atoms with Crippen molar-refractivity contribution in [1.29, 1.82) is 0 Å². The zero-order valence-electron chi connectivity index (χ0n) is 19.3. The Morgan fingerprint density at radius 1 is 0.853 bits per heavy atom. The monoisotopic (exact) mass is 500 g/mol. The van der Waals surface area contributed by atoms with E-state index in [4.69, 9.17) is 0 Å². The SMILES string of the molecule is CC12CC3CC(C1)C(c1ccc(C#Cc4cc(C(=O)O)cc(C(=O)O)c4)cc1)C(C)(C3)C2.Cl.Cl. The van der Waals surface area contributed by atoms with Crippen LogP contribution in [0.2, 0.25) is 0 Å². The molecular formula is C28H30Cl2O4. The van der Waals surface area contributed by atoms with Gasteiger partial charge in [-0.15, -0.1) is 24.8 Å². The van der Waals surface area contributed by atoms with Crippen LogP contribution in [0.25, 0.3) is 0 Å². The highest BCUT2D eigenvalue weighted by molar-refractivity contribution is 5.94. The lowest BCUT2D eigenvalue weighted by atomic mass is 9.40. The van der Waals surface area contributed by atoms with Crippen molar-refractivity contribution in [3.63, 3.8) is 0 Å².